The van der Waals surface area contributed by atoms with Crippen molar-refractivity contribution in [2.24, 2.45) is 5.16 Å². The predicted octanol–water partition coefficient (Wildman–Crippen LogP) is 7.26. The van der Waals surface area contributed by atoms with Crippen LogP contribution in [-0.2, 0) is 11.0 Å². The first kappa shape index (κ1) is 22.1. The standard InChI is InChI=1S/C22H19BrF3N3O.ClH/c23-16-10-13(14-6-2-3-7-15(14)22(24,25)26)11-17-19(16)28-20(27-17)18-12-21(30-29-18)8-4-1-5-9-21;/h2-3,6-7,10-11H,1,4-5,8-9,12H2,(H,27,28);1H. The highest BCUT2D eigenvalue weighted by Gasteiger charge is 2.41. The van der Waals surface area contributed by atoms with E-state index in [1.165, 1.54) is 18.6 Å². The largest absolute Gasteiger partial charge is 0.417 e. The third kappa shape index (κ3) is 4.07. The molecule has 0 atom stereocenters. The highest BCUT2D eigenvalue weighted by atomic mass is 79.9. The molecule has 0 unspecified atom stereocenters. The van der Waals surface area contributed by atoms with Crippen LogP contribution in [0.3, 0.4) is 0 Å². The average Bonchev–Trinajstić information content (AvgIpc) is 3.33. The third-order valence-corrected chi connectivity index (χ3v) is 6.59. The number of alkyl halides is 3. The van der Waals surface area contributed by atoms with Gasteiger partial charge >= 0.3 is 6.18 Å². The van der Waals surface area contributed by atoms with E-state index in [-0.39, 0.29) is 23.6 Å². The summed E-state index contributed by atoms with van der Waals surface area (Å²) in [5, 5.41) is 4.29. The zero-order chi connectivity index (χ0) is 20.9. The number of halogens is 5. The zero-order valence-electron chi connectivity index (χ0n) is 16.4. The lowest BCUT2D eigenvalue weighted by Crippen LogP contribution is -2.31. The summed E-state index contributed by atoms with van der Waals surface area (Å²) in [6.07, 6.45) is 1.74. The topological polar surface area (TPSA) is 50.3 Å². The number of imidazole rings is 1. The van der Waals surface area contributed by atoms with Gasteiger partial charge in [0.15, 0.2) is 5.82 Å². The van der Waals surface area contributed by atoms with Gasteiger partial charge in [0.25, 0.3) is 0 Å². The maximum atomic E-state index is 13.5. The molecule has 1 saturated carbocycles. The summed E-state index contributed by atoms with van der Waals surface area (Å²) in [6.45, 7) is 0. The molecule has 9 heteroatoms. The first-order valence-electron chi connectivity index (χ1n) is 9.96. The van der Waals surface area contributed by atoms with Crippen molar-refractivity contribution in [1.29, 1.82) is 0 Å². The Morgan fingerprint density at radius 1 is 1.06 bits per heavy atom. The average molecular weight is 515 g/mol. The van der Waals surface area contributed by atoms with E-state index in [2.05, 4.69) is 31.1 Å². The van der Waals surface area contributed by atoms with Gasteiger partial charge in [-0.3, -0.25) is 0 Å². The number of aromatic nitrogens is 2. The molecule has 1 N–H and O–H groups in total. The Bertz CT molecular complexity index is 1150. The van der Waals surface area contributed by atoms with Crippen LogP contribution >= 0.6 is 28.3 Å². The molecule has 0 amide bonds. The van der Waals surface area contributed by atoms with Gasteiger partial charge in [-0.2, -0.15) is 13.2 Å². The number of hydrogen-bond donors (Lipinski definition) is 1. The summed E-state index contributed by atoms with van der Waals surface area (Å²) in [6, 6.07) is 8.93. The van der Waals surface area contributed by atoms with Crippen molar-refractivity contribution in [3.63, 3.8) is 0 Å². The molecule has 2 heterocycles. The van der Waals surface area contributed by atoms with Gasteiger partial charge in [0.2, 0.25) is 0 Å². The number of oxime groups is 1. The Morgan fingerprint density at radius 2 is 1.81 bits per heavy atom. The second-order valence-electron chi connectivity index (χ2n) is 8.03. The minimum absolute atomic E-state index is 0. The van der Waals surface area contributed by atoms with E-state index in [4.69, 9.17) is 4.84 Å². The van der Waals surface area contributed by atoms with Gasteiger partial charge in [0, 0.05) is 10.9 Å². The van der Waals surface area contributed by atoms with E-state index in [9.17, 15) is 13.2 Å². The zero-order valence-corrected chi connectivity index (χ0v) is 18.8. The molecule has 0 saturated heterocycles. The Hall–Kier alpha value is -2.06. The normalized spacial score (nSPS) is 18.0. The molecule has 5 rings (SSSR count). The van der Waals surface area contributed by atoms with Crippen LogP contribution in [0, 0.1) is 0 Å². The van der Waals surface area contributed by atoms with Crippen LogP contribution in [0.25, 0.3) is 22.2 Å². The van der Waals surface area contributed by atoms with Gasteiger partial charge in [0.05, 0.1) is 16.6 Å². The summed E-state index contributed by atoms with van der Waals surface area (Å²) < 4.78 is 41.1. The second-order valence-corrected chi connectivity index (χ2v) is 8.89. The Morgan fingerprint density at radius 3 is 2.55 bits per heavy atom. The number of H-pyrrole nitrogens is 1. The van der Waals surface area contributed by atoms with Crippen molar-refractivity contribution in [1.82, 2.24) is 9.97 Å². The summed E-state index contributed by atoms with van der Waals surface area (Å²) in [4.78, 5) is 13.7. The SMILES string of the molecule is Cl.FC(F)(F)c1ccccc1-c1cc(Br)c2[nH]c(C3=NOC4(CCCCC4)C3)nc2c1. The van der Waals surface area contributed by atoms with Crippen molar-refractivity contribution < 1.29 is 18.0 Å². The molecule has 4 nitrogen and oxygen atoms in total. The van der Waals surface area contributed by atoms with Gasteiger partial charge in [-0.25, -0.2) is 4.98 Å². The van der Waals surface area contributed by atoms with Crippen molar-refractivity contribution in [2.45, 2.75) is 50.3 Å². The number of hydrogen-bond acceptors (Lipinski definition) is 3. The van der Waals surface area contributed by atoms with E-state index in [0.717, 1.165) is 43.0 Å². The van der Waals surface area contributed by atoms with Crippen molar-refractivity contribution in [3.8, 4) is 11.1 Å². The molecular formula is C22H20BrClF3N3O. The molecule has 164 valence electrons. The molecule has 31 heavy (non-hydrogen) atoms. The lowest BCUT2D eigenvalue weighted by Gasteiger charge is -2.30. The molecule has 1 spiro atoms. The first-order valence-corrected chi connectivity index (χ1v) is 10.8. The van der Waals surface area contributed by atoms with Gasteiger partial charge in [-0.1, -0.05) is 29.8 Å². The molecule has 1 aliphatic heterocycles. The first-order chi connectivity index (χ1) is 14.3. The summed E-state index contributed by atoms with van der Waals surface area (Å²) in [5.74, 6) is 0.606. The van der Waals surface area contributed by atoms with Crippen molar-refractivity contribution in [2.75, 3.05) is 0 Å². The molecule has 2 aromatic carbocycles. The van der Waals surface area contributed by atoms with Crippen LogP contribution in [0.4, 0.5) is 13.2 Å². The minimum Gasteiger partial charge on any atom is -0.388 e. The molecule has 1 aromatic heterocycles. The van der Waals surface area contributed by atoms with Crippen LogP contribution in [-0.4, -0.2) is 21.3 Å². The summed E-state index contributed by atoms with van der Waals surface area (Å²) in [5.41, 5.74) is 1.76. The van der Waals surface area contributed by atoms with Gasteiger partial charge in [-0.05, 0) is 70.9 Å². The van der Waals surface area contributed by atoms with E-state index in [1.807, 2.05) is 0 Å². The number of aromatic amines is 1. The second kappa shape index (κ2) is 8.13. The van der Waals surface area contributed by atoms with Gasteiger partial charge in [0.1, 0.15) is 11.3 Å². The van der Waals surface area contributed by atoms with Crippen LogP contribution < -0.4 is 0 Å². The van der Waals surface area contributed by atoms with Crippen LogP contribution in [0.5, 0.6) is 0 Å². The Balaban J connectivity index is 0.00000231. The number of fused-ring (bicyclic) bond motifs is 1. The van der Waals surface area contributed by atoms with Crippen LogP contribution in [0.2, 0.25) is 0 Å². The summed E-state index contributed by atoms with van der Waals surface area (Å²) in [7, 11) is 0. The van der Waals surface area contributed by atoms with Gasteiger partial charge < -0.3 is 9.82 Å². The highest BCUT2D eigenvalue weighted by molar-refractivity contribution is 9.10. The maximum absolute atomic E-state index is 13.5. The number of nitrogens with zero attached hydrogens (tertiary/aromatic N) is 2. The molecule has 1 aliphatic carbocycles. The molecule has 2 aliphatic rings. The van der Waals surface area contributed by atoms with E-state index < -0.39 is 11.7 Å². The van der Waals surface area contributed by atoms with Crippen LogP contribution in [0.1, 0.15) is 49.9 Å². The van der Waals surface area contributed by atoms with Crippen molar-refractivity contribution in [3.05, 3.63) is 52.3 Å². The predicted molar refractivity (Wildman–Crippen MR) is 120 cm³/mol. The molecular weight excluding hydrogens is 495 g/mol. The van der Waals surface area contributed by atoms with Crippen molar-refractivity contribution >= 4 is 45.1 Å². The fourth-order valence-electron chi connectivity index (χ4n) is 4.46. The number of nitrogens with one attached hydrogen (secondary N) is 1. The van der Waals surface area contributed by atoms with E-state index in [0.29, 0.717) is 27.8 Å². The maximum Gasteiger partial charge on any atom is 0.417 e. The third-order valence-electron chi connectivity index (χ3n) is 5.97. The lowest BCUT2D eigenvalue weighted by atomic mass is 9.81. The molecule has 0 radical (unpaired) electrons. The molecule has 0 bridgehead atoms. The minimum atomic E-state index is -4.43. The Labute approximate surface area is 191 Å². The van der Waals surface area contributed by atoms with Crippen LogP contribution in [0.15, 0.2) is 46.0 Å². The fourth-order valence-corrected chi connectivity index (χ4v) is 5.01. The molecule has 3 aromatic rings. The molecule has 1 fully saturated rings. The highest BCUT2D eigenvalue weighted by Crippen LogP contribution is 2.41. The van der Waals surface area contributed by atoms with E-state index >= 15 is 0 Å². The smallest absolute Gasteiger partial charge is 0.388 e. The fraction of sp³-hybridized carbons (Fsp3) is 0.364. The quantitative estimate of drug-likeness (QED) is 0.391. The Kier molecular flexibility index (Phi) is 5.81. The summed E-state index contributed by atoms with van der Waals surface area (Å²) >= 11 is 3.49. The van der Waals surface area contributed by atoms with E-state index in [1.54, 1.807) is 18.2 Å². The number of benzene rings is 2. The lowest BCUT2D eigenvalue weighted by molar-refractivity contribution is -0.137. The number of rotatable bonds is 2. The monoisotopic (exact) mass is 513 g/mol. The van der Waals surface area contributed by atoms with Gasteiger partial charge in [-0.15, -0.1) is 12.4 Å².